The van der Waals surface area contributed by atoms with Gasteiger partial charge in [0.1, 0.15) is 0 Å². The minimum absolute atomic E-state index is 0.704. The van der Waals surface area contributed by atoms with Crippen LogP contribution < -0.4 is 5.32 Å². The van der Waals surface area contributed by atoms with Gasteiger partial charge in [0.25, 0.3) is 0 Å². The molecule has 3 unspecified atom stereocenters. The standard InChI is InChI=1S/C14H29NS/c1-4-13-6-5-7-14(9-8-13)15-12(2)10-11-16-3/h12-15H,4-11H2,1-3H3. The molecule has 96 valence electrons. The van der Waals surface area contributed by atoms with Gasteiger partial charge in [-0.1, -0.05) is 26.2 Å². The van der Waals surface area contributed by atoms with Crippen molar-refractivity contribution in [3.63, 3.8) is 0 Å². The lowest BCUT2D eigenvalue weighted by atomic mass is 9.98. The number of thioether (sulfide) groups is 1. The second-order valence-corrected chi connectivity index (χ2v) is 6.31. The molecule has 1 saturated carbocycles. The van der Waals surface area contributed by atoms with Crippen molar-refractivity contribution < 1.29 is 0 Å². The van der Waals surface area contributed by atoms with Crippen LogP contribution in [0.15, 0.2) is 0 Å². The minimum Gasteiger partial charge on any atom is -0.311 e. The van der Waals surface area contributed by atoms with E-state index in [1.54, 1.807) is 0 Å². The van der Waals surface area contributed by atoms with Gasteiger partial charge in [0.2, 0.25) is 0 Å². The van der Waals surface area contributed by atoms with Gasteiger partial charge >= 0.3 is 0 Å². The monoisotopic (exact) mass is 243 g/mol. The summed E-state index contributed by atoms with van der Waals surface area (Å²) in [4.78, 5) is 0. The first-order valence-corrected chi connectivity index (χ1v) is 8.40. The van der Waals surface area contributed by atoms with Gasteiger partial charge in [0.15, 0.2) is 0 Å². The smallest absolute Gasteiger partial charge is 0.00696 e. The highest BCUT2D eigenvalue weighted by Crippen LogP contribution is 2.25. The van der Waals surface area contributed by atoms with Crippen molar-refractivity contribution in [2.45, 2.75) is 70.9 Å². The van der Waals surface area contributed by atoms with Gasteiger partial charge in [-0.15, -0.1) is 0 Å². The predicted molar refractivity (Wildman–Crippen MR) is 76.3 cm³/mol. The maximum atomic E-state index is 3.82. The van der Waals surface area contributed by atoms with Crippen molar-refractivity contribution in [2.75, 3.05) is 12.0 Å². The number of hydrogen-bond donors (Lipinski definition) is 1. The first kappa shape index (κ1) is 14.4. The average Bonchev–Trinajstić information content (AvgIpc) is 2.51. The normalized spacial score (nSPS) is 28.7. The molecule has 1 N–H and O–H groups in total. The maximum Gasteiger partial charge on any atom is 0.00696 e. The van der Waals surface area contributed by atoms with Crippen molar-refractivity contribution in [2.24, 2.45) is 5.92 Å². The third-order valence-corrected chi connectivity index (χ3v) is 4.58. The van der Waals surface area contributed by atoms with Gasteiger partial charge in [-0.2, -0.15) is 11.8 Å². The van der Waals surface area contributed by atoms with E-state index in [-0.39, 0.29) is 0 Å². The van der Waals surface area contributed by atoms with Crippen molar-refractivity contribution in [1.29, 1.82) is 0 Å². The lowest BCUT2D eigenvalue weighted by molar-refractivity contribution is 0.391. The van der Waals surface area contributed by atoms with Crippen LogP contribution in [-0.4, -0.2) is 24.1 Å². The summed E-state index contributed by atoms with van der Waals surface area (Å²) >= 11 is 1.96. The largest absolute Gasteiger partial charge is 0.311 e. The van der Waals surface area contributed by atoms with Gasteiger partial charge in [-0.3, -0.25) is 0 Å². The van der Waals surface area contributed by atoms with Gasteiger partial charge in [0.05, 0.1) is 0 Å². The summed E-state index contributed by atoms with van der Waals surface area (Å²) in [6, 6.07) is 1.50. The predicted octanol–water partition coefficient (Wildman–Crippen LogP) is 4.08. The Morgan fingerprint density at radius 2 is 2.06 bits per heavy atom. The fourth-order valence-electron chi connectivity index (χ4n) is 2.73. The Morgan fingerprint density at radius 1 is 1.25 bits per heavy atom. The molecule has 1 rings (SSSR count). The summed E-state index contributed by atoms with van der Waals surface area (Å²) < 4.78 is 0. The van der Waals surface area contributed by atoms with Crippen LogP contribution in [0.4, 0.5) is 0 Å². The molecule has 1 aliphatic carbocycles. The van der Waals surface area contributed by atoms with E-state index in [2.05, 4.69) is 25.4 Å². The fraction of sp³-hybridized carbons (Fsp3) is 1.00. The summed E-state index contributed by atoms with van der Waals surface area (Å²) in [5, 5.41) is 3.82. The molecule has 0 aromatic heterocycles. The molecule has 1 aliphatic rings. The number of nitrogens with one attached hydrogen (secondary N) is 1. The maximum absolute atomic E-state index is 3.82. The van der Waals surface area contributed by atoms with Crippen molar-refractivity contribution in [3.8, 4) is 0 Å². The third-order valence-electron chi connectivity index (χ3n) is 3.94. The van der Waals surface area contributed by atoms with Crippen molar-refractivity contribution in [1.82, 2.24) is 5.32 Å². The van der Waals surface area contributed by atoms with Crippen molar-refractivity contribution >= 4 is 11.8 Å². The summed E-state index contributed by atoms with van der Waals surface area (Å²) in [6.45, 7) is 4.69. The number of hydrogen-bond acceptors (Lipinski definition) is 2. The summed E-state index contributed by atoms with van der Waals surface area (Å²) in [5.74, 6) is 2.30. The lowest BCUT2D eigenvalue weighted by Gasteiger charge is -2.22. The van der Waals surface area contributed by atoms with E-state index in [0.717, 1.165) is 12.0 Å². The Bertz CT molecular complexity index is 172. The van der Waals surface area contributed by atoms with Gasteiger partial charge in [-0.05, 0) is 50.5 Å². The van der Waals surface area contributed by atoms with Gasteiger partial charge < -0.3 is 5.32 Å². The van der Waals surface area contributed by atoms with E-state index < -0.39 is 0 Å². The molecule has 2 heteroatoms. The lowest BCUT2D eigenvalue weighted by Crippen LogP contribution is -2.36. The molecule has 0 saturated heterocycles. The van der Waals surface area contributed by atoms with E-state index in [4.69, 9.17) is 0 Å². The zero-order valence-electron chi connectivity index (χ0n) is 11.3. The van der Waals surface area contributed by atoms with E-state index in [1.807, 2.05) is 11.8 Å². The van der Waals surface area contributed by atoms with Crippen molar-refractivity contribution in [3.05, 3.63) is 0 Å². The van der Waals surface area contributed by atoms with Crippen LogP contribution in [0.2, 0.25) is 0 Å². The first-order chi connectivity index (χ1) is 7.76. The van der Waals surface area contributed by atoms with Gasteiger partial charge in [0, 0.05) is 12.1 Å². The molecule has 0 aromatic rings. The average molecular weight is 243 g/mol. The Morgan fingerprint density at radius 3 is 2.75 bits per heavy atom. The molecule has 0 heterocycles. The Hall–Kier alpha value is 0.310. The zero-order chi connectivity index (χ0) is 11.8. The van der Waals surface area contributed by atoms with E-state index >= 15 is 0 Å². The zero-order valence-corrected chi connectivity index (χ0v) is 12.1. The van der Waals surface area contributed by atoms with E-state index in [0.29, 0.717) is 6.04 Å². The molecule has 0 aromatic carbocycles. The fourth-order valence-corrected chi connectivity index (χ4v) is 3.32. The highest BCUT2D eigenvalue weighted by atomic mass is 32.2. The minimum atomic E-state index is 0.704. The summed E-state index contributed by atoms with van der Waals surface area (Å²) in [5.41, 5.74) is 0. The van der Waals surface area contributed by atoms with Crippen LogP contribution >= 0.6 is 11.8 Å². The Balaban J connectivity index is 2.21. The summed E-state index contributed by atoms with van der Waals surface area (Å²) in [7, 11) is 0. The summed E-state index contributed by atoms with van der Waals surface area (Å²) in [6.07, 6.45) is 12.1. The second-order valence-electron chi connectivity index (χ2n) is 5.33. The van der Waals surface area contributed by atoms with E-state index in [9.17, 15) is 0 Å². The number of rotatable bonds is 6. The SMILES string of the molecule is CCC1CCCC(NC(C)CCSC)CC1. The van der Waals surface area contributed by atoms with Crippen LogP contribution in [-0.2, 0) is 0 Å². The third kappa shape index (κ3) is 5.58. The molecule has 3 atom stereocenters. The van der Waals surface area contributed by atoms with Crippen LogP contribution in [0.1, 0.15) is 58.8 Å². The molecule has 0 spiro atoms. The highest BCUT2D eigenvalue weighted by Gasteiger charge is 2.18. The van der Waals surface area contributed by atoms with Crippen LogP contribution in [0.25, 0.3) is 0 Å². The van der Waals surface area contributed by atoms with E-state index in [1.165, 1.54) is 50.7 Å². The molecule has 0 aliphatic heterocycles. The molecule has 0 amide bonds. The van der Waals surface area contributed by atoms with Gasteiger partial charge in [-0.25, -0.2) is 0 Å². The molecular formula is C14H29NS. The van der Waals surface area contributed by atoms with Crippen LogP contribution in [0, 0.1) is 5.92 Å². The van der Waals surface area contributed by atoms with Crippen LogP contribution in [0.5, 0.6) is 0 Å². The molecule has 0 radical (unpaired) electrons. The molecule has 1 fully saturated rings. The first-order valence-electron chi connectivity index (χ1n) is 7.01. The molecule has 16 heavy (non-hydrogen) atoms. The Kier molecular flexibility index (Phi) is 7.55. The Labute approximate surface area is 106 Å². The quantitative estimate of drug-likeness (QED) is 0.706. The highest BCUT2D eigenvalue weighted by molar-refractivity contribution is 7.98. The second kappa shape index (κ2) is 8.41. The topological polar surface area (TPSA) is 12.0 Å². The molecule has 1 nitrogen and oxygen atoms in total. The van der Waals surface area contributed by atoms with Crippen LogP contribution in [0.3, 0.4) is 0 Å². The molecule has 0 bridgehead atoms. The molecular weight excluding hydrogens is 214 g/mol.